The maximum Gasteiger partial charge on any atom is 0.354 e. The Morgan fingerprint density at radius 1 is 1.15 bits per heavy atom. The molecule has 40 heavy (non-hydrogen) atoms. The molecule has 3 amide bonds. The lowest BCUT2D eigenvalue weighted by atomic mass is 9.91. The van der Waals surface area contributed by atoms with Crippen LogP contribution in [0.15, 0.2) is 41.3 Å². The van der Waals surface area contributed by atoms with Gasteiger partial charge in [-0.15, -0.1) is 0 Å². The molecule has 4 rings (SSSR count). The molecule has 12 nitrogen and oxygen atoms in total. The molecule has 0 spiro atoms. The lowest BCUT2D eigenvalue weighted by Gasteiger charge is -2.42. The third kappa shape index (κ3) is 6.87. The van der Waals surface area contributed by atoms with E-state index in [2.05, 4.69) is 22.1 Å². The summed E-state index contributed by atoms with van der Waals surface area (Å²) in [7, 11) is 0. The summed E-state index contributed by atoms with van der Waals surface area (Å²) in [6, 6.07) is 8.98. The second kappa shape index (κ2) is 12.5. The summed E-state index contributed by atoms with van der Waals surface area (Å²) in [6.45, 7) is 8.72. The van der Waals surface area contributed by atoms with Crippen molar-refractivity contribution in [1.82, 2.24) is 24.3 Å². The zero-order chi connectivity index (χ0) is 29.0. The Labute approximate surface area is 234 Å². The van der Waals surface area contributed by atoms with Crippen LogP contribution < -0.4 is 22.5 Å². The maximum atomic E-state index is 12.8. The van der Waals surface area contributed by atoms with Crippen LogP contribution in [0.2, 0.25) is 0 Å². The van der Waals surface area contributed by atoms with Gasteiger partial charge < -0.3 is 26.4 Å². The summed E-state index contributed by atoms with van der Waals surface area (Å²) in [5.41, 5.74) is 12.0. The van der Waals surface area contributed by atoms with Crippen molar-refractivity contribution >= 4 is 17.8 Å². The quantitative estimate of drug-likeness (QED) is 0.386. The van der Waals surface area contributed by atoms with Gasteiger partial charge >= 0.3 is 11.7 Å². The van der Waals surface area contributed by atoms with E-state index in [0.717, 1.165) is 32.5 Å². The first-order valence-corrected chi connectivity index (χ1v) is 13.9. The fourth-order valence-corrected chi connectivity index (χ4v) is 5.35. The Morgan fingerprint density at radius 3 is 2.40 bits per heavy atom. The Morgan fingerprint density at radius 2 is 1.82 bits per heavy atom. The van der Waals surface area contributed by atoms with Crippen molar-refractivity contribution in [3.05, 3.63) is 52.6 Å². The van der Waals surface area contributed by atoms with Crippen LogP contribution in [-0.4, -0.2) is 98.2 Å². The molecule has 2 aromatic rings. The van der Waals surface area contributed by atoms with Gasteiger partial charge in [0.1, 0.15) is 11.4 Å². The highest BCUT2D eigenvalue weighted by molar-refractivity contribution is 5.89. The molecule has 1 unspecified atom stereocenters. The summed E-state index contributed by atoms with van der Waals surface area (Å²) in [5.74, 6) is 0.387. The van der Waals surface area contributed by atoms with Gasteiger partial charge in [0, 0.05) is 44.5 Å². The second-order valence-electron chi connectivity index (χ2n) is 11.4. The Balaban J connectivity index is 1.32. The van der Waals surface area contributed by atoms with Crippen molar-refractivity contribution in [2.24, 2.45) is 17.4 Å². The number of carbonyl (C=O) groups is 2. The minimum atomic E-state index is -1.37. The highest BCUT2D eigenvalue weighted by Gasteiger charge is 2.37. The van der Waals surface area contributed by atoms with Crippen LogP contribution in [-0.2, 0) is 11.3 Å². The molecule has 1 aromatic carbocycles. The number of aliphatic hydroxyl groups is 1. The second-order valence-corrected chi connectivity index (χ2v) is 11.4. The van der Waals surface area contributed by atoms with Crippen LogP contribution in [0.4, 0.5) is 10.6 Å². The fourth-order valence-electron chi connectivity index (χ4n) is 5.35. The normalized spacial score (nSPS) is 21.1. The number of piperidine rings is 1. The van der Waals surface area contributed by atoms with E-state index in [4.69, 9.17) is 11.5 Å². The van der Waals surface area contributed by atoms with Gasteiger partial charge in [0.2, 0.25) is 5.91 Å². The summed E-state index contributed by atoms with van der Waals surface area (Å²) in [5, 5.41) is 12.1. The van der Waals surface area contributed by atoms with Crippen LogP contribution >= 0.6 is 0 Å². The molecule has 6 N–H and O–H groups in total. The van der Waals surface area contributed by atoms with E-state index in [9.17, 15) is 19.5 Å². The molecular formula is C28H42N8O4. The molecule has 2 aliphatic heterocycles. The Hall–Kier alpha value is -3.32. The van der Waals surface area contributed by atoms with Gasteiger partial charge in [0.25, 0.3) is 0 Å². The van der Waals surface area contributed by atoms with E-state index < -0.39 is 23.9 Å². The molecule has 2 saturated heterocycles. The number of amides is 3. The number of nitrogens with one attached hydrogen (secondary N) is 1. The lowest BCUT2D eigenvalue weighted by molar-refractivity contribution is -0.141. The Kier molecular flexibility index (Phi) is 9.24. The number of aromatic nitrogens is 2. The first-order valence-electron chi connectivity index (χ1n) is 13.9. The highest BCUT2D eigenvalue weighted by atomic mass is 16.3. The average Bonchev–Trinajstić information content (AvgIpc) is 2.93. The number of rotatable bonds is 7. The van der Waals surface area contributed by atoms with Gasteiger partial charge in [-0.05, 0) is 76.4 Å². The third-order valence-corrected chi connectivity index (χ3v) is 8.03. The number of anilines is 1. The minimum absolute atomic E-state index is 0.152. The Bertz CT molecular complexity index is 1240. The predicted octanol–water partition coefficient (Wildman–Crippen LogP) is 0.566. The largest absolute Gasteiger partial charge is 0.394 e. The summed E-state index contributed by atoms with van der Waals surface area (Å²) < 4.78 is 1.44. The molecular weight excluding hydrogens is 512 g/mol. The lowest BCUT2D eigenvalue weighted by Crippen LogP contribution is -2.63. The number of urea groups is 1. The molecule has 3 atom stereocenters. The van der Waals surface area contributed by atoms with Crippen molar-refractivity contribution < 1.29 is 14.7 Å². The van der Waals surface area contributed by atoms with Crippen LogP contribution in [0.1, 0.15) is 39.2 Å². The van der Waals surface area contributed by atoms with Crippen LogP contribution in [0.25, 0.3) is 5.69 Å². The summed E-state index contributed by atoms with van der Waals surface area (Å²) in [6.07, 6.45) is 3.83. The fraction of sp³-hybridized carbons (Fsp3) is 0.571. The van der Waals surface area contributed by atoms with E-state index in [-0.39, 0.29) is 43.4 Å². The van der Waals surface area contributed by atoms with E-state index >= 15 is 0 Å². The standard InChI is InChI=1S/C28H42N8O4/c1-19-16-34(14-15-35(19)25(38)28(3,30)18-37)26(39)31-24-10-13-36(27(40)32-24)23-6-4-21(5-7-23)17-33-11-8-22(9-12-33)20(2)29/h4-7,10,13,19-20,22,37H,8-9,11-12,14-18,29-30H2,1-3H3,(H,31,32,39,40)/t19-,20?,28+/m1/s1. The molecule has 1 aromatic heterocycles. The smallest absolute Gasteiger partial charge is 0.354 e. The molecule has 0 aliphatic carbocycles. The number of benzene rings is 1. The number of nitrogens with zero attached hydrogens (tertiary/aromatic N) is 5. The topological polar surface area (TPSA) is 163 Å². The average molecular weight is 555 g/mol. The van der Waals surface area contributed by atoms with E-state index in [1.54, 1.807) is 22.1 Å². The number of nitrogens with two attached hydrogens (primary N) is 2. The van der Waals surface area contributed by atoms with Crippen molar-refractivity contribution in [3.63, 3.8) is 0 Å². The number of hydrogen-bond acceptors (Lipinski definition) is 8. The molecule has 2 aliphatic rings. The number of piperazine rings is 1. The first-order chi connectivity index (χ1) is 19.0. The van der Waals surface area contributed by atoms with Crippen molar-refractivity contribution in [1.29, 1.82) is 0 Å². The SMILES string of the molecule is CC(N)C1CCN(Cc2ccc(-n3ccc(NC(=O)N4CCN(C(=O)[C@@](C)(N)CO)[C@H](C)C4)nc3=O)cc2)CC1. The molecule has 3 heterocycles. The monoisotopic (exact) mass is 554 g/mol. The number of likely N-dealkylation sites (tertiary alicyclic amines) is 1. The third-order valence-electron chi connectivity index (χ3n) is 8.03. The first kappa shape index (κ1) is 29.7. The zero-order valence-electron chi connectivity index (χ0n) is 23.6. The van der Waals surface area contributed by atoms with Gasteiger partial charge in [0.15, 0.2) is 0 Å². The van der Waals surface area contributed by atoms with Gasteiger partial charge in [-0.3, -0.25) is 19.6 Å². The van der Waals surface area contributed by atoms with Crippen LogP contribution in [0, 0.1) is 5.92 Å². The maximum absolute atomic E-state index is 12.8. The summed E-state index contributed by atoms with van der Waals surface area (Å²) in [4.78, 5) is 47.9. The minimum Gasteiger partial charge on any atom is -0.394 e. The summed E-state index contributed by atoms with van der Waals surface area (Å²) >= 11 is 0. The van der Waals surface area contributed by atoms with Gasteiger partial charge in [0.05, 0.1) is 12.3 Å². The van der Waals surface area contributed by atoms with E-state index in [0.29, 0.717) is 11.6 Å². The van der Waals surface area contributed by atoms with Gasteiger partial charge in [-0.25, -0.2) is 9.59 Å². The number of carbonyl (C=O) groups excluding carboxylic acids is 2. The predicted molar refractivity (Wildman–Crippen MR) is 153 cm³/mol. The highest BCUT2D eigenvalue weighted by Crippen LogP contribution is 2.21. The van der Waals surface area contributed by atoms with Crippen LogP contribution in [0.3, 0.4) is 0 Å². The number of hydrogen-bond donors (Lipinski definition) is 4. The van der Waals surface area contributed by atoms with E-state index in [1.807, 2.05) is 31.2 Å². The van der Waals surface area contributed by atoms with Crippen molar-refractivity contribution in [3.8, 4) is 5.69 Å². The van der Waals surface area contributed by atoms with Gasteiger partial charge in [-0.1, -0.05) is 12.1 Å². The van der Waals surface area contributed by atoms with E-state index in [1.165, 1.54) is 17.1 Å². The van der Waals surface area contributed by atoms with Crippen molar-refractivity contribution in [2.45, 2.75) is 57.8 Å². The molecule has 0 radical (unpaired) electrons. The zero-order valence-corrected chi connectivity index (χ0v) is 23.6. The number of aliphatic hydroxyl groups excluding tert-OH is 1. The molecule has 0 bridgehead atoms. The molecule has 12 heteroatoms. The molecule has 218 valence electrons. The van der Waals surface area contributed by atoms with Crippen molar-refractivity contribution in [2.75, 3.05) is 44.6 Å². The molecule has 2 fully saturated rings. The van der Waals surface area contributed by atoms with Gasteiger partial charge in [-0.2, -0.15) is 4.98 Å². The van der Waals surface area contributed by atoms with Crippen LogP contribution in [0.5, 0.6) is 0 Å². The molecule has 0 saturated carbocycles.